The molecule has 1 N–H and O–H groups in total. The van der Waals surface area contributed by atoms with Crippen LogP contribution >= 0.6 is 0 Å². The number of nitrogens with zero attached hydrogens (tertiary/aromatic N) is 1. The largest absolute Gasteiger partial charge is 0.496 e. The Morgan fingerprint density at radius 1 is 1.25 bits per heavy atom. The first kappa shape index (κ1) is 20.4. The van der Waals surface area contributed by atoms with Gasteiger partial charge in [-0.3, -0.25) is 4.79 Å². The Morgan fingerprint density at radius 2 is 1.88 bits per heavy atom. The highest BCUT2D eigenvalue weighted by atomic mass is 32.2. The van der Waals surface area contributed by atoms with Crippen molar-refractivity contribution in [1.82, 2.24) is 9.62 Å². The Morgan fingerprint density at radius 3 is 2.38 bits per heavy atom. The van der Waals surface area contributed by atoms with Crippen LogP contribution < -0.4 is 10.1 Å². The van der Waals surface area contributed by atoms with Gasteiger partial charge in [0.2, 0.25) is 15.9 Å². The van der Waals surface area contributed by atoms with E-state index in [2.05, 4.69) is 5.32 Å². The number of carbonyl (C=O) groups excluding carboxylic acids is 1. The minimum absolute atomic E-state index is 0.0355. The molecule has 0 saturated carbocycles. The highest BCUT2D eigenvalue weighted by molar-refractivity contribution is 7.89. The number of aryl methyl sites for hydroxylation is 1. The smallest absolute Gasteiger partial charge is 0.242 e. The predicted molar refractivity (Wildman–Crippen MR) is 94.7 cm³/mol. The number of rotatable bonds is 9. The average molecular weight is 356 g/mol. The molecule has 0 aliphatic carbocycles. The third-order valence-corrected chi connectivity index (χ3v) is 5.81. The van der Waals surface area contributed by atoms with Gasteiger partial charge in [0.25, 0.3) is 0 Å². The average Bonchev–Trinajstić information content (AvgIpc) is 2.57. The number of hydrogen-bond donors (Lipinski definition) is 1. The van der Waals surface area contributed by atoms with Gasteiger partial charge in [0.15, 0.2) is 0 Å². The van der Waals surface area contributed by atoms with Crippen LogP contribution in [0.15, 0.2) is 23.1 Å². The lowest BCUT2D eigenvalue weighted by atomic mass is 10.1. The zero-order valence-electron chi connectivity index (χ0n) is 15.1. The van der Waals surface area contributed by atoms with Gasteiger partial charge in [-0.2, -0.15) is 0 Å². The van der Waals surface area contributed by atoms with E-state index in [0.29, 0.717) is 24.2 Å². The highest BCUT2D eigenvalue weighted by Gasteiger charge is 2.19. The second-order valence-corrected chi connectivity index (χ2v) is 7.99. The Labute approximate surface area is 145 Å². The summed E-state index contributed by atoms with van der Waals surface area (Å²) in [6, 6.07) is 4.91. The van der Waals surface area contributed by atoms with Crippen LogP contribution in [0.25, 0.3) is 0 Å². The molecule has 0 aliphatic rings. The third kappa shape index (κ3) is 5.21. The van der Waals surface area contributed by atoms with Crippen molar-refractivity contribution >= 4 is 15.9 Å². The van der Waals surface area contributed by atoms with E-state index in [1.54, 1.807) is 12.1 Å². The predicted octanol–water partition coefficient (Wildman–Crippen LogP) is 2.18. The van der Waals surface area contributed by atoms with E-state index in [9.17, 15) is 13.2 Å². The van der Waals surface area contributed by atoms with E-state index < -0.39 is 10.0 Å². The van der Waals surface area contributed by atoms with Crippen LogP contribution in [0.1, 0.15) is 38.7 Å². The van der Waals surface area contributed by atoms with Gasteiger partial charge in [-0.15, -0.1) is 0 Å². The van der Waals surface area contributed by atoms with Crippen LogP contribution in [0.4, 0.5) is 0 Å². The maximum atomic E-state index is 12.3. The van der Waals surface area contributed by atoms with E-state index >= 15 is 0 Å². The maximum Gasteiger partial charge on any atom is 0.242 e. The third-order valence-electron chi connectivity index (χ3n) is 4.00. The zero-order chi connectivity index (χ0) is 18.3. The number of amides is 1. The minimum Gasteiger partial charge on any atom is -0.496 e. The molecule has 1 aromatic carbocycles. The Hall–Kier alpha value is -1.60. The van der Waals surface area contributed by atoms with Crippen molar-refractivity contribution in [2.75, 3.05) is 21.2 Å². The lowest BCUT2D eigenvalue weighted by Crippen LogP contribution is -2.33. The fraction of sp³-hybridized carbons (Fsp3) is 0.588. The molecule has 0 saturated heterocycles. The molecule has 0 atom stereocenters. The van der Waals surface area contributed by atoms with E-state index in [4.69, 9.17) is 4.74 Å². The molecule has 1 aromatic rings. The van der Waals surface area contributed by atoms with Crippen LogP contribution in [0.2, 0.25) is 0 Å². The molecular weight excluding hydrogens is 328 g/mol. The van der Waals surface area contributed by atoms with Crippen molar-refractivity contribution < 1.29 is 17.9 Å². The molecule has 6 nitrogen and oxygen atoms in total. The number of hydrogen-bond acceptors (Lipinski definition) is 4. The summed E-state index contributed by atoms with van der Waals surface area (Å²) in [5, 5.41) is 2.98. The van der Waals surface area contributed by atoms with Crippen LogP contribution in [0.3, 0.4) is 0 Å². The van der Waals surface area contributed by atoms with Crippen molar-refractivity contribution in [3.05, 3.63) is 23.8 Å². The Bertz CT molecular complexity index is 653. The quantitative estimate of drug-likeness (QED) is 0.736. The number of benzene rings is 1. The standard InChI is InChI=1S/C17H28N2O4S/c1-6-14(7-2)18-17(20)11-8-13-12-15(9-10-16(13)23-5)24(21,22)19(3)4/h9-10,12,14H,6-8,11H2,1-5H3,(H,18,20). The monoisotopic (exact) mass is 356 g/mol. The van der Waals surface area contributed by atoms with Gasteiger partial charge in [0, 0.05) is 26.6 Å². The molecule has 1 amide bonds. The molecule has 136 valence electrons. The summed E-state index contributed by atoms with van der Waals surface area (Å²) >= 11 is 0. The van der Waals surface area contributed by atoms with Crippen LogP contribution in [0, 0.1) is 0 Å². The first-order valence-electron chi connectivity index (χ1n) is 8.15. The van der Waals surface area contributed by atoms with Crippen molar-refractivity contribution in [3.63, 3.8) is 0 Å². The zero-order valence-corrected chi connectivity index (χ0v) is 15.9. The molecule has 0 aromatic heterocycles. The second-order valence-electron chi connectivity index (χ2n) is 5.84. The summed E-state index contributed by atoms with van der Waals surface area (Å²) in [4.78, 5) is 12.3. The van der Waals surface area contributed by atoms with Crippen molar-refractivity contribution in [2.24, 2.45) is 0 Å². The SMILES string of the molecule is CCC(CC)NC(=O)CCc1cc(S(=O)(=O)N(C)C)ccc1OC. The van der Waals surface area contributed by atoms with Crippen LogP contribution in [-0.2, 0) is 21.2 Å². The fourth-order valence-electron chi connectivity index (χ4n) is 2.36. The lowest BCUT2D eigenvalue weighted by molar-refractivity contribution is -0.121. The molecule has 0 spiro atoms. The topological polar surface area (TPSA) is 75.7 Å². The molecule has 1 rings (SSSR count). The molecule has 0 heterocycles. The summed E-state index contributed by atoms with van der Waals surface area (Å²) in [6.07, 6.45) is 2.49. The Kier molecular flexibility index (Phi) is 7.69. The number of methoxy groups -OCH3 is 1. The van der Waals surface area contributed by atoms with E-state index in [-0.39, 0.29) is 16.8 Å². The first-order chi connectivity index (χ1) is 11.3. The van der Waals surface area contributed by atoms with Crippen LogP contribution in [0.5, 0.6) is 5.75 Å². The molecule has 0 radical (unpaired) electrons. The molecular formula is C17H28N2O4S. The van der Waals surface area contributed by atoms with E-state index in [0.717, 1.165) is 12.8 Å². The molecule has 7 heteroatoms. The van der Waals surface area contributed by atoms with Crippen molar-refractivity contribution in [2.45, 2.75) is 50.5 Å². The molecule has 0 aliphatic heterocycles. The number of nitrogens with one attached hydrogen (secondary N) is 1. The molecule has 24 heavy (non-hydrogen) atoms. The van der Waals surface area contributed by atoms with Gasteiger partial charge in [0.05, 0.1) is 12.0 Å². The van der Waals surface area contributed by atoms with Crippen molar-refractivity contribution in [3.8, 4) is 5.75 Å². The van der Waals surface area contributed by atoms with Crippen LogP contribution in [-0.4, -0.2) is 45.9 Å². The van der Waals surface area contributed by atoms with E-state index in [1.165, 1.54) is 31.6 Å². The fourth-order valence-corrected chi connectivity index (χ4v) is 3.32. The van der Waals surface area contributed by atoms with Gasteiger partial charge in [-0.1, -0.05) is 13.8 Å². The number of sulfonamides is 1. The first-order valence-corrected chi connectivity index (χ1v) is 9.59. The van der Waals surface area contributed by atoms with Gasteiger partial charge < -0.3 is 10.1 Å². The Balaban J connectivity index is 2.92. The minimum atomic E-state index is -3.51. The number of ether oxygens (including phenoxy) is 1. The highest BCUT2D eigenvalue weighted by Crippen LogP contribution is 2.25. The molecule has 0 bridgehead atoms. The normalized spacial score (nSPS) is 11.8. The molecule has 0 fully saturated rings. The summed E-state index contributed by atoms with van der Waals surface area (Å²) in [5.41, 5.74) is 0.708. The summed E-state index contributed by atoms with van der Waals surface area (Å²) < 4.78 is 31.0. The summed E-state index contributed by atoms with van der Waals surface area (Å²) in [7, 11) is 0.995. The van der Waals surface area contributed by atoms with Gasteiger partial charge in [0.1, 0.15) is 5.75 Å². The van der Waals surface area contributed by atoms with Gasteiger partial charge in [-0.25, -0.2) is 12.7 Å². The van der Waals surface area contributed by atoms with E-state index in [1.807, 2.05) is 13.8 Å². The number of carbonyl (C=O) groups is 1. The molecule has 0 unspecified atom stereocenters. The summed E-state index contributed by atoms with van der Waals surface area (Å²) in [6.45, 7) is 4.07. The summed E-state index contributed by atoms with van der Waals surface area (Å²) in [5.74, 6) is 0.551. The second kappa shape index (κ2) is 9.03. The van der Waals surface area contributed by atoms with Gasteiger partial charge in [-0.05, 0) is 43.0 Å². The maximum absolute atomic E-state index is 12.3. The lowest BCUT2D eigenvalue weighted by Gasteiger charge is -2.16. The van der Waals surface area contributed by atoms with Gasteiger partial charge >= 0.3 is 0 Å². The van der Waals surface area contributed by atoms with Crippen molar-refractivity contribution in [1.29, 1.82) is 0 Å².